The van der Waals surface area contributed by atoms with Crippen LogP contribution in [-0.2, 0) is 16.1 Å². The summed E-state index contributed by atoms with van der Waals surface area (Å²) < 4.78 is 11.2. The third kappa shape index (κ3) is 4.15. The zero-order chi connectivity index (χ0) is 18.5. The van der Waals surface area contributed by atoms with Crippen molar-refractivity contribution < 1.29 is 14.3 Å². The van der Waals surface area contributed by atoms with E-state index in [1.807, 2.05) is 91.0 Å². The van der Waals surface area contributed by atoms with E-state index in [0.29, 0.717) is 17.9 Å². The molecule has 3 nitrogen and oxygen atoms in total. The van der Waals surface area contributed by atoms with Crippen LogP contribution in [0.15, 0.2) is 96.6 Å². The molecule has 3 heteroatoms. The van der Waals surface area contributed by atoms with Gasteiger partial charge in [0.1, 0.15) is 18.1 Å². The molecule has 0 N–H and O–H groups in total. The molecule has 0 unspecified atom stereocenters. The summed E-state index contributed by atoms with van der Waals surface area (Å²) in [5, 5.41) is 0. The average Bonchev–Trinajstić information content (AvgIpc) is 3.09. The fraction of sp³-hybridized carbons (Fsp3) is 0.0417. The van der Waals surface area contributed by atoms with Gasteiger partial charge in [0.15, 0.2) is 0 Å². The molecule has 0 saturated heterocycles. The molecule has 3 aromatic rings. The SMILES string of the molecule is O=C1OC(c2ccccc2)=C/C1=C/c1ccc(OCc2ccccc2)cc1. The van der Waals surface area contributed by atoms with Gasteiger partial charge in [-0.1, -0.05) is 72.8 Å². The van der Waals surface area contributed by atoms with Gasteiger partial charge in [-0.3, -0.25) is 0 Å². The number of carbonyl (C=O) groups is 1. The van der Waals surface area contributed by atoms with E-state index in [1.165, 1.54) is 0 Å². The fourth-order valence-electron chi connectivity index (χ4n) is 2.81. The van der Waals surface area contributed by atoms with Crippen molar-refractivity contribution in [1.29, 1.82) is 0 Å². The van der Waals surface area contributed by atoms with Gasteiger partial charge in [0.25, 0.3) is 0 Å². The van der Waals surface area contributed by atoms with Crippen LogP contribution in [0.25, 0.3) is 11.8 Å². The summed E-state index contributed by atoms with van der Waals surface area (Å²) in [4.78, 5) is 12.1. The molecule has 0 atom stereocenters. The molecule has 3 aromatic carbocycles. The lowest BCUT2D eigenvalue weighted by Crippen LogP contribution is -1.97. The standard InChI is InChI=1S/C24H18O3/c25-24-21(16-23(27-24)20-9-5-2-6-10-20)15-18-11-13-22(14-12-18)26-17-19-7-3-1-4-8-19/h1-16H,17H2/b21-15-. The van der Waals surface area contributed by atoms with E-state index in [1.54, 1.807) is 6.08 Å². The first-order valence-electron chi connectivity index (χ1n) is 8.76. The van der Waals surface area contributed by atoms with E-state index in [-0.39, 0.29) is 5.97 Å². The lowest BCUT2D eigenvalue weighted by molar-refractivity contribution is -0.130. The maximum Gasteiger partial charge on any atom is 0.343 e. The summed E-state index contributed by atoms with van der Waals surface area (Å²) in [5.41, 5.74) is 3.46. The zero-order valence-corrected chi connectivity index (χ0v) is 14.7. The van der Waals surface area contributed by atoms with Gasteiger partial charge < -0.3 is 9.47 Å². The van der Waals surface area contributed by atoms with Gasteiger partial charge in [-0.15, -0.1) is 0 Å². The van der Waals surface area contributed by atoms with Crippen LogP contribution >= 0.6 is 0 Å². The molecule has 0 spiro atoms. The van der Waals surface area contributed by atoms with Crippen molar-refractivity contribution in [1.82, 2.24) is 0 Å². The molecule has 0 amide bonds. The Labute approximate surface area is 158 Å². The van der Waals surface area contributed by atoms with Gasteiger partial charge in [-0.25, -0.2) is 4.79 Å². The number of hydrogen-bond donors (Lipinski definition) is 0. The molecule has 4 rings (SSSR count). The van der Waals surface area contributed by atoms with Crippen LogP contribution < -0.4 is 4.74 Å². The Morgan fingerprint density at radius 2 is 1.48 bits per heavy atom. The second-order valence-corrected chi connectivity index (χ2v) is 6.21. The number of cyclic esters (lactones) is 1. The Kier molecular flexibility index (Phi) is 4.84. The summed E-state index contributed by atoms with van der Waals surface area (Å²) in [7, 11) is 0. The quantitative estimate of drug-likeness (QED) is 0.464. The first-order valence-corrected chi connectivity index (χ1v) is 8.76. The van der Waals surface area contributed by atoms with E-state index in [9.17, 15) is 4.79 Å². The lowest BCUT2D eigenvalue weighted by Gasteiger charge is -2.06. The highest BCUT2D eigenvalue weighted by atomic mass is 16.5. The maximum atomic E-state index is 12.1. The number of carbonyl (C=O) groups excluding carboxylic acids is 1. The Hall–Kier alpha value is -3.59. The van der Waals surface area contributed by atoms with Crippen LogP contribution in [0.5, 0.6) is 5.75 Å². The van der Waals surface area contributed by atoms with Gasteiger partial charge >= 0.3 is 5.97 Å². The number of esters is 1. The Morgan fingerprint density at radius 3 is 2.19 bits per heavy atom. The van der Waals surface area contributed by atoms with E-state index < -0.39 is 0 Å². The number of hydrogen-bond acceptors (Lipinski definition) is 3. The van der Waals surface area contributed by atoms with Crippen LogP contribution in [0, 0.1) is 0 Å². The Bertz CT molecular complexity index is 985. The second-order valence-electron chi connectivity index (χ2n) is 6.21. The number of ether oxygens (including phenoxy) is 2. The van der Waals surface area contributed by atoms with Crippen LogP contribution in [-0.4, -0.2) is 5.97 Å². The summed E-state index contributed by atoms with van der Waals surface area (Å²) in [6.07, 6.45) is 3.59. The van der Waals surface area contributed by atoms with Crippen molar-refractivity contribution >= 4 is 17.8 Å². The molecular weight excluding hydrogens is 336 g/mol. The molecule has 1 aliphatic rings. The Balaban J connectivity index is 1.46. The van der Waals surface area contributed by atoms with Gasteiger partial charge in [0.2, 0.25) is 0 Å². The van der Waals surface area contributed by atoms with Crippen molar-refractivity contribution in [3.05, 3.63) is 113 Å². The molecular formula is C24H18O3. The molecule has 1 heterocycles. The predicted octanol–water partition coefficient (Wildman–Crippen LogP) is 5.25. The average molecular weight is 354 g/mol. The molecule has 132 valence electrons. The maximum absolute atomic E-state index is 12.1. The van der Waals surface area contributed by atoms with Crippen molar-refractivity contribution in [2.24, 2.45) is 0 Å². The van der Waals surface area contributed by atoms with E-state index in [2.05, 4.69) is 0 Å². The molecule has 0 aromatic heterocycles. The largest absolute Gasteiger partial charge is 0.489 e. The van der Waals surface area contributed by atoms with Crippen LogP contribution in [0.1, 0.15) is 16.7 Å². The molecule has 0 aliphatic carbocycles. The van der Waals surface area contributed by atoms with E-state index >= 15 is 0 Å². The minimum Gasteiger partial charge on any atom is -0.489 e. The van der Waals surface area contributed by atoms with Crippen molar-refractivity contribution in [2.75, 3.05) is 0 Å². The zero-order valence-electron chi connectivity index (χ0n) is 14.7. The van der Waals surface area contributed by atoms with Crippen molar-refractivity contribution in [2.45, 2.75) is 6.61 Å². The highest BCUT2D eigenvalue weighted by Gasteiger charge is 2.21. The van der Waals surface area contributed by atoms with Gasteiger partial charge in [-0.2, -0.15) is 0 Å². The molecule has 27 heavy (non-hydrogen) atoms. The predicted molar refractivity (Wildman–Crippen MR) is 106 cm³/mol. The van der Waals surface area contributed by atoms with E-state index in [0.717, 1.165) is 22.4 Å². The van der Waals surface area contributed by atoms with Crippen LogP contribution in [0.4, 0.5) is 0 Å². The molecule has 1 aliphatic heterocycles. The first kappa shape index (κ1) is 16.9. The summed E-state index contributed by atoms with van der Waals surface area (Å²) in [6, 6.07) is 27.3. The minimum atomic E-state index is -0.335. The Morgan fingerprint density at radius 1 is 0.815 bits per heavy atom. The minimum absolute atomic E-state index is 0.335. The topological polar surface area (TPSA) is 35.5 Å². The first-order chi connectivity index (χ1) is 13.3. The summed E-state index contributed by atoms with van der Waals surface area (Å²) >= 11 is 0. The smallest absolute Gasteiger partial charge is 0.343 e. The van der Waals surface area contributed by atoms with Crippen LogP contribution in [0.2, 0.25) is 0 Å². The molecule has 0 radical (unpaired) electrons. The number of rotatable bonds is 5. The summed E-state index contributed by atoms with van der Waals surface area (Å²) in [6.45, 7) is 0.525. The highest BCUT2D eigenvalue weighted by molar-refractivity contribution is 6.05. The van der Waals surface area contributed by atoms with Crippen LogP contribution in [0.3, 0.4) is 0 Å². The van der Waals surface area contributed by atoms with E-state index in [4.69, 9.17) is 9.47 Å². The van der Waals surface area contributed by atoms with Gasteiger partial charge in [0.05, 0.1) is 5.57 Å². The van der Waals surface area contributed by atoms with Crippen molar-refractivity contribution in [3.63, 3.8) is 0 Å². The monoisotopic (exact) mass is 354 g/mol. The third-order valence-corrected chi connectivity index (χ3v) is 4.23. The van der Waals surface area contributed by atoms with Gasteiger partial charge in [0, 0.05) is 5.56 Å². The second kappa shape index (κ2) is 7.75. The highest BCUT2D eigenvalue weighted by Crippen LogP contribution is 2.27. The molecule has 0 saturated carbocycles. The normalized spacial score (nSPS) is 14.7. The summed E-state index contributed by atoms with van der Waals surface area (Å²) in [5.74, 6) is 1.03. The van der Waals surface area contributed by atoms with Crippen molar-refractivity contribution in [3.8, 4) is 5.75 Å². The number of benzene rings is 3. The third-order valence-electron chi connectivity index (χ3n) is 4.23. The molecule has 0 bridgehead atoms. The fourth-order valence-corrected chi connectivity index (χ4v) is 2.81. The molecule has 0 fully saturated rings. The lowest BCUT2D eigenvalue weighted by atomic mass is 10.1. The van der Waals surface area contributed by atoms with Gasteiger partial charge in [-0.05, 0) is 35.4 Å².